The fourth-order valence-corrected chi connectivity index (χ4v) is 0.912. The van der Waals surface area contributed by atoms with Gasteiger partial charge in [0.1, 0.15) is 0 Å². The number of hydrogen-bond acceptors (Lipinski definition) is 3. The van der Waals surface area contributed by atoms with E-state index < -0.39 is 12.0 Å². The van der Waals surface area contributed by atoms with Crippen molar-refractivity contribution in [2.45, 2.75) is 25.6 Å². The zero-order valence-electron chi connectivity index (χ0n) is 7.95. The van der Waals surface area contributed by atoms with Crippen molar-refractivity contribution in [2.24, 2.45) is 5.73 Å². The van der Waals surface area contributed by atoms with E-state index in [0.717, 1.165) is 12.4 Å². The molecule has 1 aromatic heterocycles. The van der Waals surface area contributed by atoms with Crippen LogP contribution in [0.2, 0.25) is 0 Å². The van der Waals surface area contributed by atoms with Gasteiger partial charge in [-0.05, 0) is 6.42 Å². The SMILES string of the molecule is CC[C@@H](N)c1cnc(C(F)(F)F)nc1.Cl. The third kappa shape index (κ3) is 3.64. The normalized spacial score (nSPS) is 13.1. The highest BCUT2D eigenvalue weighted by Gasteiger charge is 2.34. The van der Waals surface area contributed by atoms with Gasteiger partial charge < -0.3 is 5.73 Å². The molecule has 7 heteroatoms. The van der Waals surface area contributed by atoms with Gasteiger partial charge in [-0.2, -0.15) is 13.2 Å². The Kier molecular flexibility index (Phi) is 4.96. The average molecular weight is 242 g/mol. The number of nitrogens with two attached hydrogens (primary N) is 1. The van der Waals surface area contributed by atoms with Gasteiger partial charge in [-0.3, -0.25) is 0 Å². The van der Waals surface area contributed by atoms with Crippen molar-refractivity contribution in [3.63, 3.8) is 0 Å². The zero-order valence-corrected chi connectivity index (χ0v) is 8.77. The van der Waals surface area contributed by atoms with E-state index in [1.165, 1.54) is 0 Å². The van der Waals surface area contributed by atoms with Crippen molar-refractivity contribution in [2.75, 3.05) is 0 Å². The highest BCUT2D eigenvalue weighted by molar-refractivity contribution is 5.85. The smallest absolute Gasteiger partial charge is 0.324 e. The van der Waals surface area contributed by atoms with Gasteiger partial charge >= 0.3 is 6.18 Å². The first-order valence-electron chi connectivity index (χ1n) is 4.10. The summed E-state index contributed by atoms with van der Waals surface area (Å²) in [6.07, 6.45) is -1.63. The lowest BCUT2D eigenvalue weighted by atomic mass is 10.1. The van der Waals surface area contributed by atoms with E-state index in [4.69, 9.17) is 5.73 Å². The lowest BCUT2D eigenvalue weighted by Crippen LogP contribution is -2.14. The first-order chi connectivity index (χ1) is 6.45. The van der Waals surface area contributed by atoms with E-state index in [0.29, 0.717) is 12.0 Å². The van der Waals surface area contributed by atoms with E-state index in [9.17, 15) is 13.2 Å². The quantitative estimate of drug-likeness (QED) is 0.865. The number of alkyl halides is 3. The Labute approximate surface area is 91.3 Å². The summed E-state index contributed by atoms with van der Waals surface area (Å²) in [6, 6.07) is -0.308. The number of rotatable bonds is 2. The minimum absolute atomic E-state index is 0. The van der Waals surface area contributed by atoms with Crippen molar-refractivity contribution in [3.8, 4) is 0 Å². The largest absolute Gasteiger partial charge is 0.451 e. The Bertz CT molecular complexity index is 299. The van der Waals surface area contributed by atoms with Crippen molar-refractivity contribution >= 4 is 12.4 Å². The van der Waals surface area contributed by atoms with Crippen LogP contribution in [0, 0.1) is 0 Å². The molecule has 86 valence electrons. The fraction of sp³-hybridized carbons (Fsp3) is 0.500. The number of nitrogens with zero attached hydrogens (tertiary/aromatic N) is 2. The van der Waals surface area contributed by atoms with Crippen molar-refractivity contribution in [3.05, 3.63) is 23.8 Å². The molecule has 0 aromatic carbocycles. The predicted octanol–water partition coefficient (Wildman–Crippen LogP) is 2.33. The number of hydrogen-bond donors (Lipinski definition) is 1. The van der Waals surface area contributed by atoms with E-state index in [2.05, 4.69) is 9.97 Å². The first-order valence-corrected chi connectivity index (χ1v) is 4.10. The second-order valence-electron chi connectivity index (χ2n) is 2.85. The molecule has 0 fully saturated rings. The molecule has 0 saturated carbocycles. The number of halogens is 4. The second-order valence-corrected chi connectivity index (χ2v) is 2.85. The van der Waals surface area contributed by atoms with Gasteiger partial charge in [-0.15, -0.1) is 12.4 Å². The van der Waals surface area contributed by atoms with Crippen molar-refractivity contribution in [1.82, 2.24) is 9.97 Å². The highest BCUT2D eigenvalue weighted by atomic mass is 35.5. The Hall–Kier alpha value is -0.880. The van der Waals surface area contributed by atoms with Crippen LogP contribution in [0.3, 0.4) is 0 Å². The Balaban J connectivity index is 0.00000196. The van der Waals surface area contributed by atoms with E-state index >= 15 is 0 Å². The molecule has 1 rings (SSSR count). The maximum Gasteiger partial charge on any atom is 0.451 e. The van der Waals surface area contributed by atoms with Gasteiger partial charge in [0.15, 0.2) is 0 Å². The monoisotopic (exact) mass is 241 g/mol. The van der Waals surface area contributed by atoms with Crippen LogP contribution in [0.1, 0.15) is 30.8 Å². The topological polar surface area (TPSA) is 51.8 Å². The lowest BCUT2D eigenvalue weighted by Gasteiger charge is -2.09. The minimum Gasteiger partial charge on any atom is -0.324 e. The Morgan fingerprint density at radius 1 is 1.33 bits per heavy atom. The lowest BCUT2D eigenvalue weighted by molar-refractivity contribution is -0.145. The van der Waals surface area contributed by atoms with Crippen LogP contribution >= 0.6 is 12.4 Å². The average Bonchev–Trinajstić information content (AvgIpc) is 2.15. The first kappa shape index (κ1) is 14.1. The molecule has 3 nitrogen and oxygen atoms in total. The van der Waals surface area contributed by atoms with Crippen molar-refractivity contribution in [1.29, 1.82) is 0 Å². The van der Waals surface area contributed by atoms with Crippen LogP contribution in [0.5, 0.6) is 0 Å². The standard InChI is InChI=1S/C8H10F3N3.ClH/c1-2-6(12)5-3-13-7(14-4-5)8(9,10)11;/h3-4,6H,2,12H2,1H3;1H/t6-;/m1./s1. The van der Waals surface area contributed by atoms with E-state index in [1.807, 2.05) is 6.92 Å². The molecule has 0 amide bonds. The van der Waals surface area contributed by atoms with E-state index in [-0.39, 0.29) is 18.4 Å². The van der Waals surface area contributed by atoms with Crippen LogP contribution in [-0.2, 0) is 6.18 Å². The molecule has 0 aliphatic carbocycles. The molecule has 0 aliphatic rings. The fourth-order valence-electron chi connectivity index (χ4n) is 0.912. The molecular formula is C8H11ClF3N3. The van der Waals surface area contributed by atoms with Gasteiger partial charge in [-0.25, -0.2) is 9.97 Å². The Morgan fingerprint density at radius 2 is 1.80 bits per heavy atom. The minimum atomic E-state index is -4.49. The summed E-state index contributed by atoms with van der Waals surface area (Å²) >= 11 is 0. The maximum atomic E-state index is 12.0. The van der Waals surface area contributed by atoms with Gasteiger partial charge in [0.05, 0.1) is 0 Å². The summed E-state index contributed by atoms with van der Waals surface area (Å²) in [5.41, 5.74) is 6.11. The molecule has 1 heterocycles. The summed E-state index contributed by atoms with van der Waals surface area (Å²) < 4.78 is 36.1. The summed E-state index contributed by atoms with van der Waals surface area (Å²) in [5, 5.41) is 0. The van der Waals surface area contributed by atoms with Gasteiger partial charge in [0, 0.05) is 24.0 Å². The molecule has 0 spiro atoms. The Morgan fingerprint density at radius 3 is 2.13 bits per heavy atom. The third-order valence-corrected chi connectivity index (χ3v) is 1.79. The summed E-state index contributed by atoms with van der Waals surface area (Å²) in [5.74, 6) is -1.13. The molecule has 0 bridgehead atoms. The van der Waals surface area contributed by atoms with Crippen LogP contribution in [0.25, 0.3) is 0 Å². The molecule has 1 aromatic rings. The summed E-state index contributed by atoms with van der Waals surface area (Å²) in [4.78, 5) is 6.41. The third-order valence-electron chi connectivity index (χ3n) is 1.79. The van der Waals surface area contributed by atoms with Crippen LogP contribution in [0.15, 0.2) is 12.4 Å². The van der Waals surface area contributed by atoms with Crippen LogP contribution < -0.4 is 5.73 Å². The van der Waals surface area contributed by atoms with Crippen molar-refractivity contribution < 1.29 is 13.2 Å². The molecule has 0 radical (unpaired) electrons. The van der Waals surface area contributed by atoms with Gasteiger partial charge in [0.25, 0.3) is 0 Å². The van der Waals surface area contributed by atoms with E-state index in [1.54, 1.807) is 0 Å². The summed E-state index contributed by atoms with van der Waals surface area (Å²) in [7, 11) is 0. The summed E-state index contributed by atoms with van der Waals surface area (Å²) in [6.45, 7) is 1.84. The molecule has 0 saturated heterocycles. The molecule has 2 N–H and O–H groups in total. The predicted molar refractivity (Wildman–Crippen MR) is 51.5 cm³/mol. The van der Waals surface area contributed by atoms with Gasteiger partial charge in [-0.1, -0.05) is 6.92 Å². The van der Waals surface area contributed by atoms with Gasteiger partial charge in [0.2, 0.25) is 5.82 Å². The van der Waals surface area contributed by atoms with Crippen LogP contribution in [0.4, 0.5) is 13.2 Å². The number of aromatic nitrogens is 2. The van der Waals surface area contributed by atoms with Crippen LogP contribution in [-0.4, -0.2) is 9.97 Å². The molecule has 0 unspecified atom stereocenters. The molecular weight excluding hydrogens is 231 g/mol. The maximum absolute atomic E-state index is 12.0. The molecule has 1 atom stereocenters. The second kappa shape index (κ2) is 5.27. The molecule has 0 aliphatic heterocycles. The molecule has 15 heavy (non-hydrogen) atoms. The zero-order chi connectivity index (χ0) is 10.8. The highest BCUT2D eigenvalue weighted by Crippen LogP contribution is 2.25.